The summed E-state index contributed by atoms with van der Waals surface area (Å²) in [5.74, 6) is 0.696. The summed E-state index contributed by atoms with van der Waals surface area (Å²) in [4.78, 5) is 17.1. The van der Waals surface area contributed by atoms with Crippen molar-refractivity contribution in [3.63, 3.8) is 0 Å². The third-order valence-corrected chi connectivity index (χ3v) is 3.66. The van der Waals surface area contributed by atoms with Crippen LogP contribution >= 0.6 is 0 Å². The molecule has 24 heavy (non-hydrogen) atoms. The standard InChI is InChI=1S/C20H23NO3/c1-14(2)20(22)19(21-23-4)17-11-9-16(10-12-17)13-24-18-8-6-5-7-15(18)3/h5-12,14H,13H2,1-4H3/b21-19+. The number of aryl methyl sites for hydroxylation is 1. The second kappa shape index (κ2) is 8.29. The first-order valence-electron chi connectivity index (χ1n) is 7.96. The number of benzene rings is 2. The second-order valence-electron chi connectivity index (χ2n) is 5.89. The molecule has 0 aliphatic heterocycles. The van der Waals surface area contributed by atoms with E-state index < -0.39 is 0 Å². The molecule has 0 bridgehead atoms. The molecule has 0 heterocycles. The van der Waals surface area contributed by atoms with Crippen LogP contribution in [0, 0.1) is 12.8 Å². The molecular weight excluding hydrogens is 302 g/mol. The number of carbonyl (C=O) groups is 1. The largest absolute Gasteiger partial charge is 0.489 e. The van der Waals surface area contributed by atoms with E-state index in [9.17, 15) is 4.79 Å². The highest BCUT2D eigenvalue weighted by molar-refractivity contribution is 6.46. The van der Waals surface area contributed by atoms with Gasteiger partial charge in [0, 0.05) is 11.5 Å². The van der Waals surface area contributed by atoms with Gasteiger partial charge in [0.05, 0.1) is 0 Å². The molecule has 0 aromatic heterocycles. The van der Waals surface area contributed by atoms with Crippen molar-refractivity contribution in [2.24, 2.45) is 11.1 Å². The van der Waals surface area contributed by atoms with Crippen LogP contribution in [-0.4, -0.2) is 18.6 Å². The summed E-state index contributed by atoms with van der Waals surface area (Å²) in [6.45, 7) is 6.18. The highest BCUT2D eigenvalue weighted by Gasteiger charge is 2.18. The topological polar surface area (TPSA) is 47.9 Å². The molecule has 2 aromatic rings. The average Bonchev–Trinajstić information content (AvgIpc) is 2.59. The van der Waals surface area contributed by atoms with Gasteiger partial charge in [-0.25, -0.2) is 0 Å². The van der Waals surface area contributed by atoms with Crippen LogP contribution in [0.3, 0.4) is 0 Å². The lowest BCUT2D eigenvalue weighted by Crippen LogP contribution is -2.21. The van der Waals surface area contributed by atoms with E-state index in [2.05, 4.69) is 5.16 Å². The summed E-state index contributed by atoms with van der Waals surface area (Å²) in [5, 5.41) is 3.89. The summed E-state index contributed by atoms with van der Waals surface area (Å²) < 4.78 is 5.83. The van der Waals surface area contributed by atoms with E-state index in [1.807, 2.05) is 69.3 Å². The summed E-state index contributed by atoms with van der Waals surface area (Å²) in [6, 6.07) is 15.5. The molecule has 0 fully saturated rings. The van der Waals surface area contributed by atoms with Gasteiger partial charge in [-0.15, -0.1) is 0 Å². The van der Waals surface area contributed by atoms with E-state index >= 15 is 0 Å². The quantitative estimate of drug-likeness (QED) is 0.567. The van der Waals surface area contributed by atoms with E-state index in [1.165, 1.54) is 7.11 Å². The van der Waals surface area contributed by atoms with E-state index in [0.29, 0.717) is 12.3 Å². The molecule has 126 valence electrons. The van der Waals surface area contributed by atoms with Crippen LogP contribution in [-0.2, 0) is 16.2 Å². The van der Waals surface area contributed by atoms with E-state index in [0.717, 1.165) is 22.4 Å². The van der Waals surface area contributed by atoms with Gasteiger partial charge >= 0.3 is 0 Å². The lowest BCUT2D eigenvalue weighted by atomic mass is 9.98. The first-order chi connectivity index (χ1) is 11.5. The van der Waals surface area contributed by atoms with Gasteiger partial charge < -0.3 is 9.57 Å². The van der Waals surface area contributed by atoms with E-state index in [-0.39, 0.29) is 11.7 Å². The molecule has 0 amide bonds. The number of carbonyl (C=O) groups excluding carboxylic acids is 1. The van der Waals surface area contributed by atoms with Gasteiger partial charge in [-0.3, -0.25) is 4.79 Å². The Labute approximate surface area is 143 Å². The predicted molar refractivity (Wildman–Crippen MR) is 95.3 cm³/mol. The van der Waals surface area contributed by atoms with Gasteiger partial charge in [-0.05, 0) is 24.1 Å². The maximum atomic E-state index is 12.2. The molecule has 0 atom stereocenters. The monoisotopic (exact) mass is 325 g/mol. The smallest absolute Gasteiger partial charge is 0.187 e. The van der Waals surface area contributed by atoms with Gasteiger partial charge in [0.15, 0.2) is 11.5 Å². The zero-order valence-electron chi connectivity index (χ0n) is 14.6. The molecule has 4 nitrogen and oxygen atoms in total. The molecule has 0 N–H and O–H groups in total. The first kappa shape index (κ1) is 17.7. The minimum absolute atomic E-state index is 0.0410. The molecule has 0 saturated carbocycles. The van der Waals surface area contributed by atoms with Crippen molar-refractivity contribution in [1.82, 2.24) is 0 Å². The lowest BCUT2D eigenvalue weighted by molar-refractivity contribution is -0.115. The summed E-state index contributed by atoms with van der Waals surface area (Å²) in [6.07, 6.45) is 0. The molecule has 0 unspecified atom stereocenters. The summed E-state index contributed by atoms with van der Waals surface area (Å²) in [7, 11) is 1.44. The SMILES string of the molecule is CO/N=C(/C(=O)C(C)C)c1ccc(COc2ccccc2C)cc1. The third kappa shape index (κ3) is 4.44. The van der Waals surface area contributed by atoms with Crippen molar-refractivity contribution in [2.75, 3.05) is 7.11 Å². The lowest BCUT2D eigenvalue weighted by Gasteiger charge is -2.10. The zero-order valence-corrected chi connectivity index (χ0v) is 14.6. The van der Waals surface area contributed by atoms with Crippen LogP contribution in [0.2, 0.25) is 0 Å². The predicted octanol–water partition coefficient (Wildman–Crippen LogP) is 4.15. The van der Waals surface area contributed by atoms with Crippen LogP contribution in [0.1, 0.15) is 30.5 Å². The van der Waals surface area contributed by atoms with Crippen molar-refractivity contribution in [1.29, 1.82) is 0 Å². The minimum atomic E-state index is -0.136. The number of rotatable bonds is 7. The van der Waals surface area contributed by atoms with Crippen LogP contribution in [0.5, 0.6) is 5.75 Å². The zero-order chi connectivity index (χ0) is 17.5. The van der Waals surface area contributed by atoms with Gasteiger partial charge in [-0.2, -0.15) is 0 Å². The fourth-order valence-corrected chi connectivity index (χ4v) is 2.24. The van der Waals surface area contributed by atoms with Crippen molar-refractivity contribution in [3.8, 4) is 5.75 Å². The van der Waals surface area contributed by atoms with Crippen LogP contribution in [0.15, 0.2) is 53.7 Å². The first-order valence-corrected chi connectivity index (χ1v) is 7.96. The number of hydrogen-bond donors (Lipinski definition) is 0. The number of hydrogen-bond acceptors (Lipinski definition) is 4. The Hall–Kier alpha value is -2.62. The van der Waals surface area contributed by atoms with Gasteiger partial charge in [-0.1, -0.05) is 61.5 Å². The molecule has 0 aliphatic carbocycles. The van der Waals surface area contributed by atoms with Crippen molar-refractivity contribution in [3.05, 3.63) is 65.2 Å². The third-order valence-electron chi connectivity index (χ3n) is 3.66. The molecule has 2 rings (SSSR count). The fraction of sp³-hybridized carbons (Fsp3) is 0.300. The molecule has 4 heteroatoms. The Bertz CT molecular complexity index is 718. The Morgan fingerprint density at radius 3 is 2.33 bits per heavy atom. The Balaban J connectivity index is 2.11. The molecule has 2 aromatic carbocycles. The number of ketones is 1. The Morgan fingerprint density at radius 2 is 1.75 bits per heavy atom. The normalized spacial score (nSPS) is 11.5. The number of para-hydroxylation sites is 1. The van der Waals surface area contributed by atoms with Gasteiger partial charge in [0.1, 0.15) is 19.5 Å². The molecule has 0 radical (unpaired) electrons. The molecule has 0 aliphatic rings. The number of ether oxygens (including phenoxy) is 1. The van der Waals surface area contributed by atoms with Gasteiger partial charge in [0.2, 0.25) is 0 Å². The maximum Gasteiger partial charge on any atom is 0.187 e. The van der Waals surface area contributed by atoms with E-state index in [4.69, 9.17) is 9.57 Å². The second-order valence-corrected chi connectivity index (χ2v) is 5.89. The van der Waals surface area contributed by atoms with Gasteiger partial charge in [0.25, 0.3) is 0 Å². The highest BCUT2D eigenvalue weighted by atomic mass is 16.6. The number of oxime groups is 1. The van der Waals surface area contributed by atoms with Crippen LogP contribution < -0.4 is 4.74 Å². The van der Waals surface area contributed by atoms with E-state index in [1.54, 1.807) is 0 Å². The molecular formula is C20H23NO3. The molecule has 0 saturated heterocycles. The average molecular weight is 325 g/mol. The summed E-state index contributed by atoms with van der Waals surface area (Å²) in [5.41, 5.74) is 3.22. The maximum absolute atomic E-state index is 12.2. The van der Waals surface area contributed by atoms with Crippen molar-refractivity contribution >= 4 is 11.5 Å². The minimum Gasteiger partial charge on any atom is -0.489 e. The Kier molecular flexibility index (Phi) is 6.13. The number of Topliss-reactive ketones (excluding diaryl/α,β-unsaturated/α-hetero) is 1. The highest BCUT2D eigenvalue weighted by Crippen LogP contribution is 2.18. The Morgan fingerprint density at radius 1 is 1.08 bits per heavy atom. The van der Waals surface area contributed by atoms with Crippen molar-refractivity contribution in [2.45, 2.75) is 27.4 Å². The van der Waals surface area contributed by atoms with Crippen molar-refractivity contribution < 1.29 is 14.4 Å². The fourth-order valence-electron chi connectivity index (χ4n) is 2.24. The molecule has 0 spiro atoms. The summed E-state index contributed by atoms with van der Waals surface area (Å²) >= 11 is 0. The number of nitrogens with zero attached hydrogens (tertiary/aromatic N) is 1. The van der Waals surface area contributed by atoms with Crippen LogP contribution in [0.4, 0.5) is 0 Å². The van der Waals surface area contributed by atoms with Crippen LogP contribution in [0.25, 0.3) is 0 Å².